The highest BCUT2D eigenvalue weighted by atomic mass is 32.2. The zero-order chi connectivity index (χ0) is 11.4. The molecule has 0 saturated carbocycles. The fourth-order valence-corrected chi connectivity index (χ4v) is 1.93. The van der Waals surface area contributed by atoms with Crippen molar-refractivity contribution >= 4 is 9.84 Å². The highest BCUT2D eigenvalue weighted by Crippen LogP contribution is 2.15. The lowest BCUT2D eigenvalue weighted by atomic mass is 10.2. The average Bonchev–Trinajstić information content (AvgIpc) is 1.95. The zero-order valence-corrected chi connectivity index (χ0v) is 10.7. The van der Waals surface area contributed by atoms with Crippen molar-refractivity contribution in [3.05, 3.63) is 0 Å². The minimum atomic E-state index is -2.96. The van der Waals surface area contributed by atoms with Crippen molar-refractivity contribution in [2.75, 3.05) is 18.8 Å². The molecule has 0 bridgehead atoms. The minimum Gasteiger partial charge on any atom is -0.315 e. The Kier molecular flexibility index (Phi) is 5.09. The van der Waals surface area contributed by atoms with Crippen molar-refractivity contribution < 1.29 is 8.42 Å². The van der Waals surface area contributed by atoms with Gasteiger partial charge in [-0.15, -0.1) is 0 Å². The van der Waals surface area contributed by atoms with E-state index in [2.05, 4.69) is 19.2 Å². The Hall–Kier alpha value is -0.0900. The fourth-order valence-electron chi connectivity index (χ4n) is 0.903. The van der Waals surface area contributed by atoms with Crippen molar-refractivity contribution in [2.45, 2.75) is 39.4 Å². The van der Waals surface area contributed by atoms with Crippen LogP contribution in [0.2, 0.25) is 0 Å². The number of nitrogens with one attached hydrogen (secondary N) is 1. The molecule has 0 aromatic heterocycles. The summed E-state index contributed by atoms with van der Waals surface area (Å²) in [4.78, 5) is 0. The average molecular weight is 221 g/mol. The van der Waals surface area contributed by atoms with Crippen LogP contribution in [0, 0.1) is 5.92 Å². The second-order valence-corrected chi connectivity index (χ2v) is 7.89. The van der Waals surface area contributed by atoms with Crippen molar-refractivity contribution in [3.8, 4) is 0 Å². The van der Waals surface area contributed by atoms with E-state index in [1.54, 1.807) is 20.8 Å². The molecule has 0 aromatic carbocycles. The third-order valence-electron chi connectivity index (χ3n) is 2.03. The number of hydrogen-bond donors (Lipinski definition) is 1. The van der Waals surface area contributed by atoms with Gasteiger partial charge in [0.1, 0.15) is 0 Å². The van der Waals surface area contributed by atoms with Crippen molar-refractivity contribution in [2.24, 2.45) is 5.92 Å². The molecule has 0 unspecified atom stereocenters. The topological polar surface area (TPSA) is 46.2 Å². The Bertz CT molecular complexity index is 250. The summed E-state index contributed by atoms with van der Waals surface area (Å²) in [5.41, 5.74) is 0. The van der Waals surface area contributed by atoms with Crippen LogP contribution in [-0.4, -0.2) is 32.0 Å². The van der Waals surface area contributed by atoms with Crippen LogP contribution >= 0.6 is 0 Å². The molecule has 86 valence electrons. The fraction of sp³-hybridized carbons (Fsp3) is 1.00. The third-order valence-corrected chi connectivity index (χ3v) is 4.64. The molecule has 0 aliphatic carbocycles. The molecule has 0 saturated heterocycles. The first-order valence-corrected chi connectivity index (χ1v) is 6.75. The molecular formula is C10H23NO2S. The van der Waals surface area contributed by atoms with Gasteiger partial charge in [0.05, 0.1) is 10.5 Å². The maximum absolute atomic E-state index is 11.7. The first-order valence-electron chi connectivity index (χ1n) is 5.10. The summed E-state index contributed by atoms with van der Waals surface area (Å²) in [5.74, 6) is 0.788. The maximum Gasteiger partial charge on any atom is 0.156 e. The Balaban J connectivity index is 3.91. The van der Waals surface area contributed by atoms with Crippen LogP contribution in [0.4, 0.5) is 0 Å². The summed E-state index contributed by atoms with van der Waals surface area (Å²) in [6, 6.07) is 0. The quantitative estimate of drug-likeness (QED) is 0.715. The van der Waals surface area contributed by atoms with E-state index < -0.39 is 14.6 Å². The molecule has 0 heterocycles. The van der Waals surface area contributed by atoms with Crippen LogP contribution in [0.3, 0.4) is 0 Å². The summed E-state index contributed by atoms with van der Waals surface area (Å²) >= 11 is 0. The van der Waals surface area contributed by atoms with Gasteiger partial charge in [0.15, 0.2) is 9.84 Å². The van der Waals surface area contributed by atoms with E-state index in [9.17, 15) is 8.42 Å². The molecule has 4 heteroatoms. The normalized spacial score (nSPS) is 13.6. The second-order valence-electron chi connectivity index (χ2n) is 5.03. The highest BCUT2D eigenvalue weighted by Gasteiger charge is 2.27. The summed E-state index contributed by atoms with van der Waals surface area (Å²) < 4.78 is 22.7. The van der Waals surface area contributed by atoms with Gasteiger partial charge < -0.3 is 5.32 Å². The van der Waals surface area contributed by atoms with Gasteiger partial charge in [-0.25, -0.2) is 8.42 Å². The predicted octanol–water partition coefficient (Wildman–Crippen LogP) is 1.45. The molecule has 1 N–H and O–H groups in total. The number of sulfone groups is 1. The Labute approximate surface area is 88.2 Å². The smallest absolute Gasteiger partial charge is 0.156 e. The van der Waals surface area contributed by atoms with Crippen molar-refractivity contribution in [3.63, 3.8) is 0 Å². The Morgan fingerprint density at radius 3 is 2.07 bits per heavy atom. The molecule has 0 spiro atoms. The van der Waals surface area contributed by atoms with E-state index >= 15 is 0 Å². The largest absolute Gasteiger partial charge is 0.315 e. The summed E-state index contributed by atoms with van der Waals surface area (Å²) in [6.07, 6.45) is 0. The lowest BCUT2D eigenvalue weighted by Gasteiger charge is -2.19. The zero-order valence-electron chi connectivity index (χ0n) is 9.92. The molecule has 0 aromatic rings. The molecule has 0 rings (SSSR count). The minimum absolute atomic E-state index is 0.225. The number of rotatable bonds is 5. The monoisotopic (exact) mass is 221 g/mol. The predicted molar refractivity (Wildman–Crippen MR) is 61.2 cm³/mol. The first-order chi connectivity index (χ1) is 6.17. The summed E-state index contributed by atoms with van der Waals surface area (Å²) in [5, 5.41) is 3.13. The van der Waals surface area contributed by atoms with Crippen molar-refractivity contribution in [1.29, 1.82) is 0 Å². The molecule has 0 amide bonds. The molecule has 0 atom stereocenters. The lowest BCUT2D eigenvalue weighted by Crippen LogP contribution is -2.35. The first kappa shape index (κ1) is 13.9. The van der Waals surface area contributed by atoms with Crippen LogP contribution in [0.15, 0.2) is 0 Å². The van der Waals surface area contributed by atoms with Crippen LogP contribution < -0.4 is 5.32 Å². The van der Waals surface area contributed by atoms with E-state index in [0.717, 1.165) is 6.54 Å². The van der Waals surface area contributed by atoms with Gasteiger partial charge in [-0.1, -0.05) is 13.8 Å². The van der Waals surface area contributed by atoms with E-state index in [4.69, 9.17) is 0 Å². The van der Waals surface area contributed by atoms with E-state index in [1.807, 2.05) is 0 Å². The second kappa shape index (κ2) is 5.12. The van der Waals surface area contributed by atoms with Gasteiger partial charge in [0.25, 0.3) is 0 Å². The van der Waals surface area contributed by atoms with Crippen LogP contribution in [-0.2, 0) is 9.84 Å². The molecule has 14 heavy (non-hydrogen) atoms. The Morgan fingerprint density at radius 1 is 1.21 bits per heavy atom. The molecule has 3 nitrogen and oxygen atoms in total. The van der Waals surface area contributed by atoms with E-state index in [0.29, 0.717) is 12.5 Å². The molecule has 0 aliphatic heterocycles. The van der Waals surface area contributed by atoms with Gasteiger partial charge in [-0.05, 0) is 33.2 Å². The van der Waals surface area contributed by atoms with Gasteiger partial charge in [-0.2, -0.15) is 0 Å². The van der Waals surface area contributed by atoms with Gasteiger partial charge >= 0.3 is 0 Å². The molecule has 0 radical (unpaired) electrons. The Morgan fingerprint density at radius 2 is 1.71 bits per heavy atom. The standard InChI is InChI=1S/C10H23NO2S/c1-9(2)8-11-6-7-14(12,13)10(3,4)5/h9,11H,6-8H2,1-5H3. The summed E-state index contributed by atoms with van der Waals surface area (Å²) in [6.45, 7) is 10.9. The lowest BCUT2D eigenvalue weighted by molar-refractivity contribution is 0.542. The SMILES string of the molecule is CC(C)CNCCS(=O)(=O)C(C)(C)C. The van der Waals surface area contributed by atoms with Crippen LogP contribution in [0.5, 0.6) is 0 Å². The van der Waals surface area contributed by atoms with Crippen LogP contribution in [0.25, 0.3) is 0 Å². The summed E-state index contributed by atoms with van der Waals surface area (Å²) in [7, 11) is -2.96. The van der Waals surface area contributed by atoms with Gasteiger partial charge in [0, 0.05) is 6.54 Å². The van der Waals surface area contributed by atoms with E-state index in [1.165, 1.54) is 0 Å². The van der Waals surface area contributed by atoms with Crippen LogP contribution in [0.1, 0.15) is 34.6 Å². The number of hydrogen-bond acceptors (Lipinski definition) is 3. The molecule has 0 aliphatic rings. The maximum atomic E-state index is 11.7. The molecule has 0 fully saturated rings. The van der Waals surface area contributed by atoms with Crippen molar-refractivity contribution in [1.82, 2.24) is 5.32 Å². The van der Waals surface area contributed by atoms with Gasteiger partial charge in [0.2, 0.25) is 0 Å². The van der Waals surface area contributed by atoms with E-state index in [-0.39, 0.29) is 5.75 Å². The highest BCUT2D eigenvalue weighted by molar-refractivity contribution is 7.92. The molecular weight excluding hydrogens is 198 g/mol. The van der Waals surface area contributed by atoms with Gasteiger partial charge in [-0.3, -0.25) is 0 Å². The third kappa shape index (κ3) is 4.96.